The molecule has 2 aromatic heterocycles. The Morgan fingerprint density at radius 3 is 3.14 bits per heavy atom. The van der Waals surface area contributed by atoms with Gasteiger partial charge in [0.2, 0.25) is 0 Å². The number of ether oxygens (including phenoxy) is 1. The first-order valence-electron chi connectivity index (χ1n) is 3.80. The van der Waals surface area contributed by atoms with Gasteiger partial charge in [-0.1, -0.05) is 0 Å². The van der Waals surface area contributed by atoms with E-state index in [1.807, 2.05) is 0 Å². The zero-order valence-corrected chi connectivity index (χ0v) is 9.40. The third-order valence-electron chi connectivity index (χ3n) is 1.79. The molecular weight excluding hydrogens is 297 g/mol. The number of carbonyl (C=O) groups excluding carboxylic acids is 1. The predicted octanol–water partition coefficient (Wildman–Crippen LogP) is 1.35. The van der Waals surface area contributed by atoms with Gasteiger partial charge in [0.1, 0.15) is 14.9 Å². The summed E-state index contributed by atoms with van der Waals surface area (Å²) in [5, 5.41) is 7.68. The van der Waals surface area contributed by atoms with E-state index < -0.39 is 5.97 Å². The van der Waals surface area contributed by atoms with E-state index in [0.29, 0.717) is 5.69 Å². The van der Waals surface area contributed by atoms with E-state index in [0.717, 1.165) is 14.6 Å². The standard InChI is InChI=1S/C8H6IN3O2/c1-14-8(13)5-2-4-6(3-10-5)11-12-7(4)9/h2-3H,1H3,(H,11,12). The second-order valence-corrected chi connectivity index (χ2v) is 3.69. The maximum absolute atomic E-state index is 11.2. The predicted molar refractivity (Wildman–Crippen MR) is 57.9 cm³/mol. The average Bonchev–Trinajstić information content (AvgIpc) is 2.59. The Morgan fingerprint density at radius 2 is 2.43 bits per heavy atom. The summed E-state index contributed by atoms with van der Waals surface area (Å²) >= 11 is 2.11. The van der Waals surface area contributed by atoms with Crippen molar-refractivity contribution in [2.24, 2.45) is 0 Å². The largest absolute Gasteiger partial charge is 0.464 e. The van der Waals surface area contributed by atoms with Gasteiger partial charge in [-0.15, -0.1) is 0 Å². The van der Waals surface area contributed by atoms with Gasteiger partial charge in [-0.05, 0) is 28.7 Å². The van der Waals surface area contributed by atoms with Gasteiger partial charge in [0.15, 0.2) is 0 Å². The molecule has 0 spiro atoms. The third-order valence-corrected chi connectivity index (χ3v) is 2.61. The Morgan fingerprint density at radius 1 is 1.64 bits per heavy atom. The van der Waals surface area contributed by atoms with Gasteiger partial charge in [0.25, 0.3) is 0 Å². The molecule has 0 fully saturated rings. The van der Waals surface area contributed by atoms with Crippen LogP contribution in [0.2, 0.25) is 0 Å². The minimum absolute atomic E-state index is 0.291. The number of halogens is 1. The molecule has 72 valence electrons. The van der Waals surface area contributed by atoms with E-state index in [1.165, 1.54) is 7.11 Å². The monoisotopic (exact) mass is 303 g/mol. The number of hydrogen-bond donors (Lipinski definition) is 1. The normalized spacial score (nSPS) is 10.4. The molecule has 0 aliphatic heterocycles. The van der Waals surface area contributed by atoms with E-state index in [2.05, 4.69) is 42.5 Å². The molecule has 2 heterocycles. The molecule has 0 unspecified atom stereocenters. The fraction of sp³-hybridized carbons (Fsp3) is 0.125. The lowest BCUT2D eigenvalue weighted by atomic mass is 10.3. The van der Waals surface area contributed by atoms with Gasteiger partial charge in [-0.25, -0.2) is 9.78 Å². The second kappa shape index (κ2) is 3.52. The molecule has 0 aliphatic carbocycles. The summed E-state index contributed by atoms with van der Waals surface area (Å²) in [5.74, 6) is -0.441. The molecule has 0 aliphatic rings. The summed E-state index contributed by atoms with van der Waals surface area (Å²) in [6.45, 7) is 0. The lowest BCUT2D eigenvalue weighted by Crippen LogP contribution is -2.03. The molecule has 2 aromatic rings. The van der Waals surface area contributed by atoms with E-state index in [9.17, 15) is 4.79 Å². The first kappa shape index (κ1) is 9.38. The number of methoxy groups -OCH3 is 1. The molecule has 0 aromatic carbocycles. The van der Waals surface area contributed by atoms with Gasteiger partial charge >= 0.3 is 5.97 Å². The fourth-order valence-corrected chi connectivity index (χ4v) is 1.65. The number of esters is 1. The van der Waals surface area contributed by atoms with Crippen LogP contribution >= 0.6 is 22.6 Å². The quantitative estimate of drug-likeness (QED) is 0.638. The van der Waals surface area contributed by atoms with Gasteiger partial charge in [0, 0.05) is 5.39 Å². The molecule has 6 heteroatoms. The number of nitrogens with one attached hydrogen (secondary N) is 1. The van der Waals surface area contributed by atoms with Gasteiger partial charge in [-0.3, -0.25) is 5.10 Å². The lowest BCUT2D eigenvalue weighted by Gasteiger charge is -1.96. The molecular formula is C8H6IN3O2. The SMILES string of the molecule is COC(=O)c1cc2c(I)[nH]nc2cn1. The molecule has 0 bridgehead atoms. The molecule has 2 rings (SSSR count). The fourth-order valence-electron chi connectivity index (χ4n) is 1.10. The third kappa shape index (κ3) is 1.45. The summed E-state index contributed by atoms with van der Waals surface area (Å²) in [4.78, 5) is 15.1. The minimum atomic E-state index is -0.441. The van der Waals surface area contributed by atoms with Crippen molar-refractivity contribution in [2.45, 2.75) is 0 Å². The zero-order chi connectivity index (χ0) is 10.1. The molecule has 5 nitrogen and oxygen atoms in total. The lowest BCUT2D eigenvalue weighted by molar-refractivity contribution is 0.0594. The minimum Gasteiger partial charge on any atom is -0.464 e. The van der Waals surface area contributed by atoms with Crippen molar-refractivity contribution in [1.82, 2.24) is 15.2 Å². The van der Waals surface area contributed by atoms with Gasteiger partial charge in [0.05, 0.1) is 13.3 Å². The van der Waals surface area contributed by atoms with Crippen molar-refractivity contribution >= 4 is 39.5 Å². The summed E-state index contributed by atoms with van der Waals surface area (Å²) in [6.07, 6.45) is 1.54. The van der Waals surface area contributed by atoms with Crippen LogP contribution in [-0.2, 0) is 4.74 Å². The summed E-state index contributed by atoms with van der Waals surface area (Å²) in [7, 11) is 1.33. The number of aromatic nitrogens is 3. The van der Waals surface area contributed by atoms with E-state index in [1.54, 1.807) is 12.3 Å². The highest BCUT2D eigenvalue weighted by atomic mass is 127. The number of carbonyl (C=O) groups is 1. The van der Waals surface area contributed by atoms with Gasteiger partial charge < -0.3 is 4.74 Å². The maximum Gasteiger partial charge on any atom is 0.356 e. The summed E-state index contributed by atoms with van der Waals surface area (Å²) in [5.41, 5.74) is 1.03. The highest BCUT2D eigenvalue weighted by Crippen LogP contribution is 2.17. The van der Waals surface area contributed by atoms with Crippen molar-refractivity contribution in [3.05, 3.63) is 21.7 Å². The molecule has 0 atom stereocenters. The van der Waals surface area contributed by atoms with E-state index in [4.69, 9.17) is 0 Å². The number of nitrogens with zero attached hydrogens (tertiary/aromatic N) is 2. The Bertz CT molecular complexity index is 494. The average molecular weight is 303 g/mol. The molecule has 0 saturated heterocycles. The first-order chi connectivity index (χ1) is 6.72. The van der Waals surface area contributed by atoms with Crippen LogP contribution < -0.4 is 0 Å². The van der Waals surface area contributed by atoms with Crippen LogP contribution in [-0.4, -0.2) is 28.3 Å². The number of hydrogen-bond acceptors (Lipinski definition) is 4. The van der Waals surface area contributed by atoms with E-state index in [-0.39, 0.29) is 0 Å². The van der Waals surface area contributed by atoms with E-state index >= 15 is 0 Å². The van der Waals surface area contributed by atoms with Crippen LogP contribution in [0.5, 0.6) is 0 Å². The van der Waals surface area contributed by atoms with Crippen molar-refractivity contribution in [3.8, 4) is 0 Å². The van der Waals surface area contributed by atoms with Crippen molar-refractivity contribution < 1.29 is 9.53 Å². The number of H-pyrrole nitrogens is 1. The van der Waals surface area contributed by atoms with Crippen LogP contribution in [0.3, 0.4) is 0 Å². The van der Waals surface area contributed by atoms with Crippen molar-refractivity contribution in [3.63, 3.8) is 0 Å². The van der Waals surface area contributed by atoms with Crippen molar-refractivity contribution in [1.29, 1.82) is 0 Å². The first-order valence-corrected chi connectivity index (χ1v) is 4.88. The summed E-state index contributed by atoms with van der Waals surface area (Å²) < 4.78 is 5.45. The van der Waals surface area contributed by atoms with Crippen LogP contribution in [0, 0.1) is 3.70 Å². The Hall–Kier alpha value is -1.18. The highest BCUT2D eigenvalue weighted by Gasteiger charge is 2.10. The van der Waals surface area contributed by atoms with Crippen molar-refractivity contribution in [2.75, 3.05) is 7.11 Å². The van der Waals surface area contributed by atoms with Crippen LogP contribution in [0.15, 0.2) is 12.3 Å². The van der Waals surface area contributed by atoms with Crippen LogP contribution in [0.4, 0.5) is 0 Å². The molecule has 14 heavy (non-hydrogen) atoms. The Balaban J connectivity index is 2.60. The zero-order valence-electron chi connectivity index (χ0n) is 7.24. The number of rotatable bonds is 1. The van der Waals surface area contributed by atoms with Crippen LogP contribution in [0.25, 0.3) is 10.9 Å². The van der Waals surface area contributed by atoms with Gasteiger partial charge in [-0.2, -0.15) is 5.10 Å². The number of aromatic amines is 1. The maximum atomic E-state index is 11.2. The topological polar surface area (TPSA) is 67.9 Å². The molecule has 0 saturated carbocycles. The molecule has 1 N–H and O–H groups in total. The molecule has 0 radical (unpaired) electrons. The number of pyridine rings is 1. The molecule has 0 amide bonds. The Kier molecular flexibility index (Phi) is 2.36. The highest BCUT2D eigenvalue weighted by molar-refractivity contribution is 14.1. The number of fused-ring (bicyclic) bond motifs is 1. The Labute approximate surface area is 93.0 Å². The van der Waals surface area contributed by atoms with Crippen LogP contribution in [0.1, 0.15) is 10.5 Å². The summed E-state index contributed by atoms with van der Waals surface area (Å²) in [6, 6.07) is 1.66. The second-order valence-electron chi connectivity index (χ2n) is 2.62. The smallest absolute Gasteiger partial charge is 0.356 e.